The molecule has 8 nitrogen and oxygen atoms in total. The van der Waals surface area contributed by atoms with Crippen LogP contribution >= 0.6 is 0 Å². The number of hydrogen-bond acceptors (Lipinski definition) is 5. The van der Waals surface area contributed by atoms with E-state index in [2.05, 4.69) is 30.7 Å². The van der Waals surface area contributed by atoms with Crippen LogP contribution in [0.3, 0.4) is 0 Å². The summed E-state index contributed by atoms with van der Waals surface area (Å²) in [5.41, 5.74) is -0.836. The van der Waals surface area contributed by atoms with Gasteiger partial charge < -0.3 is 10.6 Å². The highest BCUT2D eigenvalue weighted by Gasteiger charge is 2.30. The monoisotopic (exact) mass is 377 g/mol. The van der Waals surface area contributed by atoms with Gasteiger partial charge in [0, 0.05) is 18.1 Å². The lowest BCUT2D eigenvalue weighted by Gasteiger charge is -2.15. The summed E-state index contributed by atoms with van der Waals surface area (Å²) in [6, 6.07) is 4.70. The molecule has 11 heteroatoms. The Hall–Kier alpha value is -3.50. The summed E-state index contributed by atoms with van der Waals surface area (Å²) in [4.78, 5) is 24.3. The van der Waals surface area contributed by atoms with Crippen molar-refractivity contribution in [3.8, 4) is 5.95 Å². The quantitative estimate of drug-likeness (QED) is 0.729. The fourth-order valence-electron chi connectivity index (χ4n) is 2.30. The van der Waals surface area contributed by atoms with E-state index in [1.807, 2.05) is 0 Å². The first-order chi connectivity index (χ1) is 12.8. The first-order valence-corrected chi connectivity index (χ1v) is 7.76. The SMILES string of the molecule is C[C@H](NC(=O)Nc1cccc(C(F)(F)F)c1)c1ncnn1-c1ncccn1. The third-order valence-corrected chi connectivity index (χ3v) is 3.50. The predicted octanol–water partition coefficient (Wildman–Crippen LogP) is 2.96. The summed E-state index contributed by atoms with van der Waals surface area (Å²) in [5.74, 6) is 0.636. The number of halogens is 3. The number of carbonyl (C=O) groups is 1. The largest absolute Gasteiger partial charge is 0.416 e. The van der Waals surface area contributed by atoms with Crippen LogP contribution in [-0.2, 0) is 6.18 Å². The van der Waals surface area contributed by atoms with E-state index in [0.29, 0.717) is 5.82 Å². The maximum atomic E-state index is 12.7. The molecular formula is C16H14F3N7O. The number of rotatable bonds is 4. The van der Waals surface area contributed by atoms with E-state index in [-0.39, 0.29) is 11.6 Å². The van der Waals surface area contributed by atoms with Crippen molar-refractivity contribution in [2.45, 2.75) is 19.1 Å². The van der Waals surface area contributed by atoms with Gasteiger partial charge in [0.15, 0.2) is 5.82 Å². The third kappa shape index (κ3) is 4.37. The van der Waals surface area contributed by atoms with Gasteiger partial charge in [-0.2, -0.15) is 23.0 Å². The molecule has 2 aromatic heterocycles. The molecule has 2 N–H and O–H groups in total. The molecule has 2 amide bonds. The molecule has 1 atom stereocenters. The Bertz CT molecular complexity index is 927. The minimum atomic E-state index is -4.49. The van der Waals surface area contributed by atoms with Crippen LogP contribution in [0.25, 0.3) is 5.95 Å². The molecule has 140 valence electrons. The van der Waals surface area contributed by atoms with E-state index in [9.17, 15) is 18.0 Å². The number of nitrogens with zero attached hydrogens (tertiary/aromatic N) is 5. The van der Waals surface area contributed by atoms with Gasteiger partial charge in [0.05, 0.1) is 11.6 Å². The van der Waals surface area contributed by atoms with Crippen molar-refractivity contribution >= 4 is 11.7 Å². The molecule has 3 aromatic rings. The van der Waals surface area contributed by atoms with Gasteiger partial charge in [0.1, 0.15) is 6.33 Å². The highest BCUT2D eigenvalue weighted by atomic mass is 19.4. The Kier molecular flexibility index (Phi) is 5.01. The summed E-state index contributed by atoms with van der Waals surface area (Å²) in [7, 11) is 0. The summed E-state index contributed by atoms with van der Waals surface area (Å²) in [6.07, 6.45) is -0.138. The molecule has 0 aliphatic heterocycles. The normalized spacial score (nSPS) is 12.4. The van der Waals surface area contributed by atoms with Gasteiger partial charge in [-0.05, 0) is 31.2 Å². The molecule has 0 saturated carbocycles. The molecular weight excluding hydrogens is 363 g/mol. The molecule has 0 aliphatic carbocycles. The predicted molar refractivity (Wildman–Crippen MR) is 89.0 cm³/mol. The molecule has 27 heavy (non-hydrogen) atoms. The van der Waals surface area contributed by atoms with Gasteiger partial charge >= 0.3 is 12.2 Å². The third-order valence-electron chi connectivity index (χ3n) is 3.50. The first kappa shape index (κ1) is 18.3. The first-order valence-electron chi connectivity index (χ1n) is 7.76. The molecule has 0 spiro atoms. The van der Waals surface area contributed by atoms with Gasteiger partial charge in [-0.25, -0.2) is 19.7 Å². The average Bonchev–Trinajstić information content (AvgIpc) is 3.12. The summed E-state index contributed by atoms with van der Waals surface area (Å²) in [6.45, 7) is 1.65. The van der Waals surface area contributed by atoms with Crippen LogP contribution in [0, 0.1) is 0 Å². The number of alkyl halides is 3. The molecule has 1 aromatic carbocycles. The number of urea groups is 1. The minimum Gasteiger partial charge on any atom is -0.328 e. The van der Waals surface area contributed by atoms with Crippen molar-refractivity contribution in [2.24, 2.45) is 0 Å². The number of amides is 2. The van der Waals surface area contributed by atoms with E-state index < -0.39 is 23.8 Å². The number of nitrogens with one attached hydrogen (secondary N) is 2. The van der Waals surface area contributed by atoms with E-state index in [4.69, 9.17) is 0 Å². The highest BCUT2D eigenvalue weighted by Crippen LogP contribution is 2.30. The zero-order chi connectivity index (χ0) is 19.4. The maximum absolute atomic E-state index is 12.7. The minimum absolute atomic E-state index is 0.0161. The van der Waals surface area contributed by atoms with Crippen molar-refractivity contribution in [1.82, 2.24) is 30.0 Å². The van der Waals surface area contributed by atoms with Gasteiger partial charge in [-0.1, -0.05) is 6.07 Å². The zero-order valence-electron chi connectivity index (χ0n) is 14.0. The summed E-state index contributed by atoms with van der Waals surface area (Å²) >= 11 is 0. The second-order valence-corrected chi connectivity index (χ2v) is 5.48. The van der Waals surface area contributed by atoms with Crippen LogP contribution in [0.5, 0.6) is 0 Å². The van der Waals surface area contributed by atoms with Crippen molar-refractivity contribution in [3.05, 3.63) is 60.4 Å². The van der Waals surface area contributed by atoms with E-state index in [1.165, 1.54) is 35.5 Å². The number of benzene rings is 1. The van der Waals surface area contributed by atoms with Crippen LogP contribution in [0.2, 0.25) is 0 Å². The summed E-state index contributed by atoms with van der Waals surface area (Å²) in [5, 5.41) is 8.98. The molecule has 0 saturated heterocycles. The lowest BCUT2D eigenvalue weighted by Crippen LogP contribution is -2.32. The van der Waals surface area contributed by atoms with Crippen molar-refractivity contribution in [1.29, 1.82) is 0 Å². The van der Waals surface area contributed by atoms with Gasteiger partial charge in [-0.15, -0.1) is 0 Å². The van der Waals surface area contributed by atoms with E-state index in [1.54, 1.807) is 13.0 Å². The zero-order valence-corrected chi connectivity index (χ0v) is 14.0. The number of hydrogen-bond donors (Lipinski definition) is 2. The van der Waals surface area contributed by atoms with Gasteiger partial charge in [0.25, 0.3) is 5.95 Å². The molecule has 0 fully saturated rings. The Balaban J connectivity index is 1.70. The second-order valence-electron chi connectivity index (χ2n) is 5.48. The van der Waals surface area contributed by atoms with Crippen LogP contribution in [0.15, 0.2) is 49.1 Å². The number of anilines is 1. The Morgan fingerprint density at radius 3 is 2.59 bits per heavy atom. The fraction of sp³-hybridized carbons (Fsp3) is 0.188. The Morgan fingerprint density at radius 1 is 1.15 bits per heavy atom. The molecule has 0 radical (unpaired) electrons. The molecule has 2 heterocycles. The Morgan fingerprint density at radius 2 is 1.89 bits per heavy atom. The van der Waals surface area contributed by atoms with E-state index in [0.717, 1.165) is 12.1 Å². The lowest BCUT2D eigenvalue weighted by atomic mass is 10.2. The maximum Gasteiger partial charge on any atom is 0.416 e. The molecule has 0 unspecified atom stereocenters. The highest BCUT2D eigenvalue weighted by molar-refractivity contribution is 5.89. The molecule has 3 rings (SSSR count). The van der Waals surface area contributed by atoms with E-state index >= 15 is 0 Å². The fourth-order valence-corrected chi connectivity index (χ4v) is 2.30. The number of aromatic nitrogens is 5. The van der Waals surface area contributed by atoms with Crippen LogP contribution in [-0.4, -0.2) is 30.8 Å². The smallest absolute Gasteiger partial charge is 0.328 e. The second kappa shape index (κ2) is 7.40. The van der Waals surface area contributed by atoms with Crippen LogP contribution in [0.4, 0.5) is 23.7 Å². The lowest BCUT2D eigenvalue weighted by molar-refractivity contribution is -0.137. The molecule has 0 bridgehead atoms. The average molecular weight is 377 g/mol. The summed E-state index contributed by atoms with van der Waals surface area (Å²) < 4.78 is 39.6. The van der Waals surface area contributed by atoms with Crippen molar-refractivity contribution in [3.63, 3.8) is 0 Å². The van der Waals surface area contributed by atoms with Gasteiger partial charge in [-0.3, -0.25) is 0 Å². The van der Waals surface area contributed by atoms with Crippen LogP contribution < -0.4 is 10.6 Å². The van der Waals surface area contributed by atoms with Gasteiger partial charge in [0.2, 0.25) is 0 Å². The molecule has 0 aliphatic rings. The van der Waals surface area contributed by atoms with Crippen molar-refractivity contribution < 1.29 is 18.0 Å². The standard InChI is InChI=1S/C16H14F3N7O/c1-10(13-22-9-23-26(13)14-20-6-3-7-21-14)24-15(27)25-12-5-2-4-11(8-12)16(17,18)19/h2-10H,1H3,(H2,24,25,27)/t10-/m0/s1. The Labute approximate surface area is 151 Å². The number of carbonyl (C=O) groups excluding carboxylic acids is 1. The van der Waals surface area contributed by atoms with Crippen molar-refractivity contribution in [2.75, 3.05) is 5.32 Å². The van der Waals surface area contributed by atoms with Crippen LogP contribution in [0.1, 0.15) is 24.4 Å². The topological polar surface area (TPSA) is 97.6 Å².